The maximum absolute atomic E-state index is 13.0. The lowest BCUT2D eigenvalue weighted by atomic mass is 10.3. The van der Waals surface area contributed by atoms with E-state index in [1.54, 1.807) is 6.21 Å². The van der Waals surface area contributed by atoms with Crippen molar-refractivity contribution in [2.45, 2.75) is 0 Å². The number of rotatable bonds is 5. The van der Waals surface area contributed by atoms with Gasteiger partial charge in [-0.05, 0) is 48.5 Å². The fraction of sp³-hybridized carbons (Fsp3) is 0. The largest absolute Gasteiger partial charge is 0.299 e. The Balaban J connectivity index is 1.76. The molecule has 4 aromatic rings. The third kappa shape index (κ3) is 4.47. The minimum atomic E-state index is -0.298. The van der Waals surface area contributed by atoms with Crippen LogP contribution in [0.2, 0.25) is 0 Å². The zero-order valence-electron chi connectivity index (χ0n) is 15.2. The molecule has 3 aromatic carbocycles. The molecule has 142 valence electrons. The van der Waals surface area contributed by atoms with E-state index >= 15 is 0 Å². The summed E-state index contributed by atoms with van der Waals surface area (Å²) in [5, 5.41) is 11.5. The molecule has 4 rings (SSSR count). The van der Waals surface area contributed by atoms with Gasteiger partial charge >= 0.3 is 0 Å². The van der Waals surface area contributed by atoms with Gasteiger partial charge in [0.1, 0.15) is 5.69 Å². The van der Waals surface area contributed by atoms with Gasteiger partial charge in [-0.1, -0.05) is 52.3 Å². The minimum absolute atomic E-state index is 0.193. The van der Waals surface area contributed by atoms with Crippen molar-refractivity contribution in [3.05, 3.63) is 105 Å². The van der Waals surface area contributed by atoms with Gasteiger partial charge in [0.25, 0.3) is 5.56 Å². The molecule has 0 aliphatic heterocycles. The zero-order valence-corrected chi connectivity index (χ0v) is 16.8. The lowest BCUT2D eigenvalue weighted by Crippen LogP contribution is -2.13. The Labute approximate surface area is 175 Å². The molecule has 6 nitrogen and oxygen atoms in total. The average molecular weight is 446 g/mol. The lowest BCUT2D eigenvalue weighted by Gasteiger charge is -1.99. The number of nitrogens with zero attached hydrogens (tertiary/aromatic N) is 4. The molecule has 0 aliphatic rings. The molecule has 0 bridgehead atoms. The Kier molecular flexibility index (Phi) is 5.58. The van der Waals surface area contributed by atoms with Gasteiger partial charge in [-0.3, -0.25) is 14.9 Å². The third-order valence-corrected chi connectivity index (χ3v) is 4.63. The Hall–Kier alpha value is -3.58. The highest BCUT2D eigenvalue weighted by atomic mass is 79.9. The lowest BCUT2D eigenvalue weighted by molar-refractivity contribution is 0.846. The molecule has 0 radical (unpaired) electrons. The van der Waals surface area contributed by atoms with Crippen LogP contribution in [0.5, 0.6) is 0 Å². The molecule has 1 N–H and O–H groups in total. The van der Waals surface area contributed by atoms with Gasteiger partial charge in [0, 0.05) is 4.47 Å². The normalized spacial score (nSPS) is 11.5. The second kappa shape index (κ2) is 8.62. The maximum atomic E-state index is 13.0. The first-order valence-corrected chi connectivity index (χ1v) is 9.67. The second-order valence-corrected chi connectivity index (χ2v) is 7.04. The van der Waals surface area contributed by atoms with Gasteiger partial charge in [-0.2, -0.15) is 5.11 Å². The highest BCUT2D eigenvalue weighted by Crippen LogP contribution is 2.20. The smallest absolute Gasteiger partial charge is 0.287 e. The first-order chi connectivity index (χ1) is 14.2. The summed E-state index contributed by atoms with van der Waals surface area (Å²) < 4.78 is 2.40. The number of hydrogen-bond acceptors (Lipinski definition) is 4. The third-order valence-electron chi connectivity index (χ3n) is 4.10. The van der Waals surface area contributed by atoms with Gasteiger partial charge in [0.05, 0.1) is 23.3 Å². The quantitative estimate of drug-likeness (QED) is 0.292. The molecule has 7 heteroatoms. The first kappa shape index (κ1) is 18.8. The predicted octanol–water partition coefficient (Wildman–Crippen LogP) is 6.09. The number of aromatic nitrogens is 2. The zero-order chi connectivity index (χ0) is 20.1. The summed E-state index contributed by atoms with van der Waals surface area (Å²) in [5.41, 5.74) is 2.49. The number of para-hydroxylation sites is 1. The first-order valence-electron chi connectivity index (χ1n) is 8.87. The van der Waals surface area contributed by atoms with Crippen LogP contribution in [-0.2, 0) is 0 Å². The number of aliphatic imine (C=N–C) groups is 1. The van der Waals surface area contributed by atoms with E-state index in [0.29, 0.717) is 17.1 Å². The van der Waals surface area contributed by atoms with Crippen LogP contribution in [0.4, 0.5) is 17.1 Å². The predicted molar refractivity (Wildman–Crippen MR) is 118 cm³/mol. The summed E-state index contributed by atoms with van der Waals surface area (Å²) in [7, 11) is 0. The second-order valence-electron chi connectivity index (χ2n) is 6.12. The molecular weight excluding hydrogens is 430 g/mol. The fourth-order valence-corrected chi connectivity index (χ4v) is 2.92. The standard InChI is InChI=1S/C22H16BrN5O/c23-16-11-13-17(14-12-16)24-15-20-21(26-25-18-7-3-1-4-8-18)22(29)28(27-20)19-9-5-2-6-10-19/h1-15,27H. The van der Waals surface area contributed by atoms with E-state index in [9.17, 15) is 4.79 Å². The summed E-state index contributed by atoms with van der Waals surface area (Å²) >= 11 is 3.40. The maximum Gasteiger partial charge on any atom is 0.299 e. The topological polar surface area (TPSA) is 74.9 Å². The SMILES string of the molecule is O=c1c(N=Nc2ccccc2)c(C=Nc2ccc(Br)cc2)[nH]n1-c1ccccc1. The van der Waals surface area contributed by atoms with Crippen LogP contribution >= 0.6 is 15.9 Å². The van der Waals surface area contributed by atoms with Crippen LogP contribution in [0.15, 0.2) is 109 Å². The van der Waals surface area contributed by atoms with E-state index in [2.05, 4.69) is 36.2 Å². The molecule has 0 aliphatic carbocycles. The van der Waals surface area contributed by atoms with Crippen molar-refractivity contribution in [3.63, 3.8) is 0 Å². The number of benzene rings is 3. The molecule has 0 spiro atoms. The van der Waals surface area contributed by atoms with Gasteiger partial charge in [-0.15, -0.1) is 5.11 Å². The summed E-state index contributed by atoms with van der Waals surface area (Å²) in [6.45, 7) is 0. The van der Waals surface area contributed by atoms with E-state index in [0.717, 1.165) is 10.2 Å². The van der Waals surface area contributed by atoms with E-state index in [1.165, 1.54) is 4.68 Å². The van der Waals surface area contributed by atoms with Crippen LogP contribution in [0.3, 0.4) is 0 Å². The number of halogens is 1. The molecule has 1 heterocycles. The monoisotopic (exact) mass is 445 g/mol. The molecule has 0 saturated carbocycles. The number of hydrogen-bond donors (Lipinski definition) is 1. The van der Waals surface area contributed by atoms with Gasteiger partial charge in [-0.25, -0.2) is 4.68 Å². The van der Waals surface area contributed by atoms with Crippen molar-refractivity contribution in [2.75, 3.05) is 0 Å². The van der Waals surface area contributed by atoms with Gasteiger partial charge in [0.15, 0.2) is 5.69 Å². The highest BCUT2D eigenvalue weighted by molar-refractivity contribution is 9.10. The summed E-state index contributed by atoms with van der Waals surface area (Å²) in [6, 6.07) is 26.1. The van der Waals surface area contributed by atoms with Crippen molar-refractivity contribution in [1.29, 1.82) is 0 Å². The number of azo groups is 1. The Bertz CT molecular complexity index is 1210. The van der Waals surface area contributed by atoms with Crippen molar-refractivity contribution >= 4 is 39.2 Å². The summed E-state index contributed by atoms with van der Waals surface area (Å²) in [4.78, 5) is 17.4. The summed E-state index contributed by atoms with van der Waals surface area (Å²) in [5.74, 6) is 0. The van der Waals surface area contributed by atoms with Crippen molar-refractivity contribution in [3.8, 4) is 5.69 Å². The molecule has 0 saturated heterocycles. The molecule has 1 aromatic heterocycles. The van der Waals surface area contributed by atoms with Crippen LogP contribution in [0.1, 0.15) is 5.69 Å². The van der Waals surface area contributed by atoms with E-state index < -0.39 is 0 Å². The Morgan fingerprint density at radius 3 is 2.14 bits per heavy atom. The molecule has 0 atom stereocenters. The Morgan fingerprint density at radius 1 is 0.793 bits per heavy atom. The molecular formula is C22H16BrN5O. The van der Waals surface area contributed by atoms with Gasteiger partial charge in [0.2, 0.25) is 0 Å². The van der Waals surface area contributed by atoms with Crippen LogP contribution in [0.25, 0.3) is 5.69 Å². The molecule has 29 heavy (non-hydrogen) atoms. The van der Waals surface area contributed by atoms with E-state index in [-0.39, 0.29) is 11.2 Å². The van der Waals surface area contributed by atoms with Crippen molar-refractivity contribution in [2.24, 2.45) is 15.2 Å². The average Bonchev–Trinajstić information content (AvgIpc) is 3.08. The summed E-state index contributed by atoms with van der Waals surface area (Å²) in [6.07, 6.45) is 1.59. The van der Waals surface area contributed by atoms with Gasteiger partial charge < -0.3 is 0 Å². The molecule has 0 amide bonds. The fourth-order valence-electron chi connectivity index (χ4n) is 2.66. The van der Waals surface area contributed by atoms with E-state index in [4.69, 9.17) is 0 Å². The van der Waals surface area contributed by atoms with Crippen LogP contribution in [0, 0.1) is 0 Å². The molecule has 0 fully saturated rings. The van der Waals surface area contributed by atoms with Crippen LogP contribution < -0.4 is 5.56 Å². The van der Waals surface area contributed by atoms with Crippen molar-refractivity contribution < 1.29 is 0 Å². The highest BCUT2D eigenvalue weighted by Gasteiger charge is 2.14. The number of H-pyrrole nitrogens is 1. The molecule has 0 unspecified atom stereocenters. The van der Waals surface area contributed by atoms with E-state index in [1.807, 2.05) is 84.9 Å². The van der Waals surface area contributed by atoms with Crippen molar-refractivity contribution in [1.82, 2.24) is 9.78 Å². The minimum Gasteiger partial charge on any atom is -0.287 e. The number of nitrogens with one attached hydrogen (secondary N) is 1. The number of aromatic amines is 1. The Morgan fingerprint density at radius 2 is 1.45 bits per heavy atom. The van der Waals surface area contributed by atoms with Crippen LogP contribution in [-0.4, -0.2) is 16.0 Å².